The molecule has 1 aromatic rings. The Labute approximate surface area is 125 Å². The average molecular weight is 303 g/mol. The van der Waals surface area contributed by atoms with Gasteiger partial charge in [-0.2, -0.15) is 0 Å². The summed E-state index contributed by atoms with van der Waals surface area (Å²) < 4.78 is 0. The maximum Gasteiger partial charge on any atom is 0.239 e. The fraction of sp³-hybridized carbons (Fsp3) is 0.500. The molecule has 0 aliphatic carbocycles. The van der Waals surface area contributed by atoms with E-state index in [1.54, 1.807) is 0 Å². The van der Waals surface area contributed by atoms with Gasteiger partial charge in [0.15, 0.2) is 0 Å². The molecule has 1 unspecified atom stereocenters. The van der Waals surface area contributed by atoms with Crippen molar-refractivity contribution in [1.82, 2.24) is 10.2 Å². The van der Waals surface area contributed by atoms with E-state index >= 15 is 0 Å². The van der Waals surface area contributed by atoms with Crippen molar-refractivity contribution in [2.45, 2.75) is 25.3 Å². The summed E-state index contributed by atoms with van der Waals surface area (Å²) in [5.41, 5.74) is 1.21. The maximum absolute atomic E-state index is 12.1. The van der Waals surface area contributed by atoms with E-state index in [4.69, 9.17) is 11.6 Å². The maximum atomic E-state index is 12.1. The first-order chi connectivity index (χ1) is 8.66. The molecule has 5 heteroatoms. The first-order valence-electron chi connectivity index (χ1n) is 6.39. The van der Waals surface area contributed by atoms with Crippen molar-refractivity contribution in [2.24, 2.45) is 0 Å². The number of nitrogens with one attached hydrogen (secondary N) is 1. The van der Waals surface area contributed by atoms with E-state index in [1.165, 1.54) is 5.56 Å². The lowest BCUT2D eigenvalue weighted by Crippen LogP contribution is -2.42. The third kappa shape index (κ3) is 4.68. The zero-order chi connectivity index (χ0) is 13.0. The SMILES string of the molecule is CN(CCc1ccc(Cl)cc1)C(=O)C1CCCN1.Cl. The highest BCUT2D eigenvalue weighted by atomic mass is 35.5. The highest BCUT2D eigenvalue weighted by molar-refractivity contribution is 6.30. The molecule has 2 rings (SSSR count). The highest BCUT2D eigenvalue weighted by Crippen LogP contribution is 2.11. The van der Waals surface area contributed by atoms with E-state index in [0.717, 1.165) is 37.4 Å². The second-order valence-corrected chi connectivity index (χ2v) is 5.22. The van der Waals surface area contributed by atoms with Gasteiger partial charge in [-0.1, -0.05) is 23.7 Å². The highest BCUT2D eigenvalue weighted by Gasteiger charge is 2.24. The van der Waals surface area contributed by atoms with E-state index in [2.05, 4.69) is 5.32 Å². The monoisotopic (exact) mass is 302 g/mol. The molecule has 1 fully saturated rings. The van der Waals surface area contributed by atoms with Gasteiger partial charge in [0.1, 0.15) is 0 Å². The number of rotatable bonds is 4. The Kier molecular flexibility index (Phi) is 6.63. The van der Waals surface area contributed by atoms with Crippen molar-refractivity contribution >= 4 is 29.9 Å². The molecule has 0 bridgehead atoms. The van der Waals surface area contributed by atoms with Crippen LogP contribution in [0.25, 0.3) is 0 Å². The number of likely N-dealkylation sites (N-methyl/N-ethyl adjacent to an activating group) is 1. The topological polar surface area (TPSA) is 32.3 Å². The fourth-order valence-electron chi connectivity index (χ4n) is 2.22. The second-order valence-electron chi connectivity index (χ2n) is 4.79. The van der Waals surface area contributed by atoms with Crippen LogP contribution in [0.2, 0.25) is 5.02 Å². The van der Waals surface area contributed by atoms with Crippen LogP contribution >= 0.6 is 24.0 Å². The summed E-state index contributed by atoms with van der Waals surface area (Å²) in [6.07, 6.45) is 2.93. The molecule has 1 atom stereocenters. The number of hydrogen-bond donors (Lipinski definition) is 1. The van der Waals surface area contributed by atoms with Gasteiger partial charge in [-0.25, -0.2) is 0 Å². The Morgan fingerprint density at radius 3 is 2.68 bits per heavy atom. The molecule has 0 aromatic heterocycles. The Bertz CT molecular complexity index is 402. The quantitative estimate of drug-likeness (QED) is 0.927. The van der Waals surface area contributed by atoms with Gasteiger partial charge >= 0.3 is 0 Å². The Balaban J connectivity index is 0.00000180. The van der Waals surface area contributed by atoms with Gasteiger partial charge < -0.3 is 10.2 Å². The molecular weight excluding hydrogens is 283 g/mol. The molecule has 1 aliphatic heterocycles. The van der Waals surface area contributed by atoms with E-state index in [1.807, 2.05) is 36.2 Å². The summed E-state index contributed by atoms with van der Waals surface area (Å²) in [4.78, 5) is 13.9. The second kappa shape index (κ2) is 7.73. The van der Waals surface area contributed by atoms with Crippen LogP contribution in [0.4, 0.5) is 0 Å². The first kappa shape index (κ1) is 16.3. The molecule has 0 radical (unpaired) electrons. The van der Waals surface area contributed by atoms with Crippen molar-refractivity contribution in [2.75, 3.05) is 20.1 Å². The standard InChI is InChI=1S/C14H19ClN2O.ClH/c1-17(14(18)13-3-2-9-16-13)10-8-11-4-6-12(15)7-5-11;/h4-7,13,16H,2-3,8-10H2,1H3;1H. The summed E-state index contributed by atoms with van der Waals surface area (Å²) in [6, 6.07) is 7.82. The fourth-order valence-corrected chi connectivity index (χ4v) is 2.35. The molecular formula is C14H20Cl2N2O. The van der Waals surface area contributed by atoms with Crippen LogP contribution in [-0.4, -0.2) is 37.0 Å². The largest absolute Gasteiger partial charge is 0.344 e. The molecule has 1 saturated heterocycles. The Morgan fingerprint density at radius 1 is 1.42 bits per heavy atom. The van der Waals surface area contributed by atoms with Gasteiger partial charge in [-0.3, -0.25) is 4.79 Å². The number of halogens is 2. The number of nitrogens with zero attached hydrogens (tertiary/aromatic N) is 1. The van der Waals surface area contributed by atoms with Crippen LogP contribution in [-0.2, 0) is 11.2 Å². The number of carbonyl (C=O) groups excluding carboxylic acids is 1. The van der Waals surface area contributed by atoms with Gasteiger partial charge in [-0.05, 0) is 43.5 Å². The molecule has 19 heavy (non-hydrogen) atoms. The minimum Gasteiger partial charge on any atom is -0.344 e. The van der Waals surface area contributed by atoms with Crippen LogP contribution in [0.5, 0.6) is 0 Å². The van der Waals surface area contributed by atoms with Crippen molar-refractivity contribution in [3.05, 3.63) is 34.9 Å². The lowest BCUT2D eigenvalue weighted by molar-refractivity contribution is -0.131. The molecule has 0 spiro atoms. The van der Waals surface area contributed by atoms with Crippen LogP contribution in [0.1, 0.15) is 18.4 Å². The lowest BCUT2D eigenvalue weighted by Gasteiger charge is -2.21. The molecule has 106 valence electrons. The van der Waals surface area contributed by atoms with E-state index < -0.39 is 0 Å². The third-order valence-corrected chi connectivity index (χ3v) is 3.64. The number of hydrogen-bond acceptors (Lipinski definition) is 2. The van der Waals surface area contributed by atoms with Gasteiger partial charge in [0.25, 0.3) is 0 Å². The number of benzene rings is 1. The van der Waals surface area contributed by atoms with Crippen LogP contribution in [0.3, 0.4) is 0 Å². The average Bonchev–Trinajstić information content (AvgIpc) is 2.90. The van der Waals surface area contributed by atoms with Crippen LogP contribution in [0, 0.1) is 0 Å². The minimum atomic E-state index is 0. The summed E-state index contributed by atoms with van der Waals surface area (Å²) in [5, 5.41) is 3.98. The lowest BCUT2D eigenvalue weighted by atomic mass is 10.1. The summed E-state index contributed by atoms with van der Waals surface area (Å²) in [6.45, 7) is 1.71. The summed E-state index contributed by atoms with van der Waals surface area (Å²) in [7, 11) is 1.87. The van der Waals surface area contributed by atoms with E-state index in [9.17, 15) is 4.79 Å². The number of carbonyl (C=O) groups is 1. The molecule has 3 nitrogen and oxygen atoms in total. The third-order valence-electron chi connectivity index (χ3n) is 3.38. The minimum absolute atomic E-state index is 0. The van der Waals surface area contributed by atoms with Crippen LogP contribution in [0.15, 0.2) is 24.3 Å². The molecule has 1 aromatic carbocycles. The molecule has 1 aliphatic rings. The molecule has 1 amide bonds. The Morgan fingerprint density at radius 2 is 2.11 bits per heavy atom. The summed E-state index contributed by atoms with van der Waals surface area (Å²) in [5.74, 6) is 0.210. The molecule has 1 N–H and O–H groups in total. The first-order valence-corrected chi connectivity index (χ1v) is 6.77. The van der Waals surface area contributed by atoms with Gasteiger partial charge in [-0.15, -0.1) is 12.4 Å². The van der Waals surface area contributed by atoms with Crippen molar-refractivity contribution < 1.29 is 4.79 Å². The normalized spacial score (nSPS) is 17.9. The van der Waals surface area contributed by atoms with E-state index in [0.29, 0.717) is 0 Å². The molecule has 1 heterocycles. The van der Waals surface area contributed by atoms with Gasteiger partial charge in [0.05, 0.1) is 6.04 Å². The van der Waals surface area contributed by atoms with Crippen molar-refractivity contribution in [3.8, 4) is 0 Å². The van der Waals surface area contributed by atoms with Crippen molar-refractivity contribution in [3.63, 3.8) is 0 Å². The predicted molar refractivity (Wildman–Crippen MR) is 81.1 cm³/mol. The smallest absolute Gasteiger partial charge is 0.239 e. The van der Waals surface area contributed by atoms with E-state index in [-0.39, 0.29) is 24.4 Å². The van der Waals surface area contributed by atoms with Gasteiger partial charge in [0.2, 0.25) is 5.91 Å². The van der Waals surface area contributed by atoms with Gasteiger partial charge in [0, 0.05) is 18.6 Å². The summed E-state index contributed by atoms with van der Waals surface area (Å²) >= 11 is 5.84. The van der Waals surface area contributed by atoms with Crippen LogP contribution < -0.4 is 5.32 Å². The number of amides is 1. The zero-order valence-electron chi connectivity index (χ0n) is 11.1. The predicted octanol–water partition coefficient (Wildman–Crippen LogP) is 2.51. The molecule has 0 saturated carbocycles. The van der Waals surface area contributed by atoms with Crippen molar-refractivity contribution in [1.29, 1.82) is 0 Å². The Hall–Kier alpha value is -0.770. The zero-order valence-corrected chi connectivity index (χ0v) is 12.6.